The second-order valence-electron chi connectivity index (χ2n) is 2.46. The number of hydrogen-bond donors (Lipinski definition) is 2. The van der Waals surface area contributed by atoms with Gasteiger partial charge < -0.3 is 14.6 Å². The number of aliphatic hydroxyl groups is 1. The maximum absolute atomic E-state index is 11.1. The minimum Gasteiger partial charge on any atom is -0.502 e. The van der Waals surface area contributed by atoms with Gasteiger partial charge in [-0.2, -0.15) is 0 Å². The number of aromatic hydroxyl groups is 1. The molecule has 5 heteroatoms. The van der Waals surface area contributed by atoms with E-state index in [-0.39, 0.29) is 11.3 Å². The maximum atomic E-state index is 11.1. The molecule has 0 aliphatic carbocycles. The second-order valence-corrected chi connectivity index (χ2v) is 2.46. The standard InChI is InChI=1S/C8H8O5/c1-4(10)7-6(2-9)13-3-5(11)8(7)12/h3,9,11H,2H2,1H3. The lowest BCUT2D eigenvalue weighted by molar-refractivity contribution is 0.100. The first-order chi connectivity index (χ1) is 6.07. The van der Waals surface area contributed by atoms with E-state index in [4.69, 9.17) is 10.2 Å². The van der Waals surface area contributed by atoms with Crippen molar-refractivity contribution in [3.05, 3.63) is 27.8 Å². The van der Waals surface area contributed by atoms with Gasteiger partial charge in [-0.05, 0) is 6.92 Å². The van der Waals surface area contributed by atoms with E-state index in [1.807, 2.05) is 0 Å². The Morgan fingerprint density at radius 3 is 2.69 bits per heavy atom. The van der Waals surface area contributed by atoms with Crippen LogP contribution in [-0.2, 0) is 6.61 Å². The highest BCUT2D eigenvalue weighted by Crippen LogP contribution is 2.10. The van der Waals surface area contributed by atoms with Crippen molar-refractivity contribution in [2.24, 2.45) is 0 Å². The van der Waals surface area contributed by atoms with Crippen LogP contribution in [0.5, 0.6) is 5.75 Å². The molecule has 5 nitrogen and oxygen atoms in total. The predicted octanol–water partition coefficient (Wildman–Crippen LogP) is 0.0403. The quantitative estimate of drug-likeness (QED) is 0.633. The van der Waals surface area contributed by atoms with E-state index in [0.717, 1.165) is 13.2 Å². The Labute approximate surface area is 73.2 Å². The average molecular weight is 184 g/mol. The number of carbonyl (C=O) groups excluding carboxylic acids is 1. The van der Waals surface area contributed by atoms with Crippen LogP contribution in [0.2, 0.25) is 0 Å². The average Bonchev–Trinajstić information content (AvgIpc) is 2.08. The van der Waals surface area contributed by atoms with Crippen molar-refractivity contribution in [3.63, 3.8) is 0 Å². The number of hydrogen-bond acceptors (Lipinski definition) is 5. The lowest BCUT2D eigenvalue weighted by atomic mass is 10.1. The molecule has 2 N–H and O–H groups in total. The minimum absolute atomic E-state index is 0.129. The SMILES string of the molecule is CC(=O)c1c(CO)occ(O)c1=O. The van der Waals surface area contributed by atoms with E-state index in [1.54, 1.807) is 0 Å². The molecule has 0 aliphatic heterocycles. The largest absolute Gasteiger partial charge is 0.502 e. The van der Waals surface area contributed by atoms with Gasteiger partial charge in [0.1, 0.15) is 24.2 Å². The van der Waals surface area contributed by atoms with Crippen LogP contribution in [0.1, 0.15) is 23.0 Å². The Morgan fingerprint density at radius 2 is 2.23 bits per heavy atom. The molecule has 13 heavy (non-hydrogen) atoms. The van der Waals surface area contributed by atoms with E-state index >= 15 is 0 Å². The van der Waals surface area contributed by atoms with Crippen molar-refractivity contribution in [1.29, 1.82) is 0 Å². The minimum atomic E-state index is -0.817. The van der Waals surface area contributed by atoms with Gasteiger partial charge in [0.25, 0.3) is 0 Å². The molecule has 1 aromatic heterocycles. The summed E-state index contributed by atoms with van der Waals surface area (Å²) in [6.07, 6.45) is 0.792. The molecule has 0 amide bonds. The summed E-state index contributed by atoms with van der Waals surface area (Å²) in [5.74, 6) is -1.31. The molecule has 1 rings (SSSR count). The second kappa shape index (κ2) is 3.40. The van der Waals surface area contributed by atoms with Crippen LogP contribution in [0.15, 0.2) is 15.5 Å². The molecule has 0 atom stereocenters. The highest BCUT2D eigenvalue weighted by atomic mass is 16.4. The fraction of sp³-hybridized carbons (Fsp3) is 0.250. The molecular weight excluding hydrogens is 176 g/mol. The summed E-state index contributed by atoms with van der Waals surface area (Å²) in [5, 5.41) is 17.6. The van der Waals surface area contributed by atoms with Crippen molar-refractivity contribution in [2.75, 3.05) is 0 Å². The molecule has 0 bridgehead atoms. The number of Topliss-reactive ketones (excluding diaryl/α,β-unsaturated/α-hetero) is 1. The highest BCUT2D eigenvalue weighted by molar-refractivity contribution is 5.95. The molecule has 70 valence electrons. The molecular formula is C8H8O5. The van der Waals surface area contributed by atoms with Crippen LogP contribution < -0.4 is 5.43 Å². The summed E-state index contributed by atoms with van der Waals surface area (Å²) in [4.78, 5) is 22.1. The van der Waals surface area contributed by atoms with Gasteiger partial charge in [-0.25, -0.2) is 0 Å². The fourth-order valence-electron chi connectivity index (χ4n) is 0.967. The lowest BCUT2D eigenvalue weighted by Crippen LogP contribution is -2.15. The van der Waals surface area contributed by atoms with Crippen LogP contribution in [0, 0.1) is 0 Å². The summed E-state index contributed by atoms with van der Waals surface area (Å²) in [6, 6.07) is 0. The highest BCUT2D eigenvalue weighted by Gasteiger charge is 2.16. The summed E-state index contributed by atoms with van der Waals surface area (Å²) >= 11 is 0. The fourth-order valence-corrected chi connectivity index (χ4v) is 0.967. The van der Waals surface area contributed by atoms with Gasteiger partial charge in [0, 0.05) is 0 Å². The lowest BCUT2D eigenvalue weighted by Gasteiger charge is -2.01. The molecule has 0 saturated carbocycles. The number of carbonyl (C=O) groups is 1. The third kappa shape index (κ3) is 1.59. The van der Waals surface area contributed by atoms with Crippen LogP contribution >= 0.6 is 0 Å². The summed E-state index contributed by atoms with van der Waals surface area (Å²) in [5.41, 5.74) is -1.12. The Hall–Kier alpha value is -1.62. The van der Waals surface area contributed by atoms with Crippen LogP contribution in [0.25, 0.3) is 0 Å². The van der Waals surface area contributed by atoms with Gasteiger partial charge in [-0.15, -0.1) is 0 Å². The third-order valence-corrected chi connectivity index (χ3v) is 1.55. The molecule has 0 saturated heterocycles. The monoisotopic (exact) mass is 184 g/mol. The van der Waals surface area contributed by atoms with E-state index in [2.05, 4.69) is 4.42 Å². The Kier molecular flexibility index (Phi) is 2.48. The smallest absolute Gasteiger partial charge is 0.237 e. The van der Waals surface area contributed by atoms with Crippen molar-refractivity contribution in [2.45, 2.75) is 13.5 Å². The normalized spacial score (nSPS) is 10.0. The van der Waals surface area contributed by atoms with Gasteiger partial charge in [-0.3, -0.25) is 9.59 Å². The van der Waals surface area contributed by atoms with E-state index in [9.17, 15) is 9.59 Å². The molecule has 0 unspecified atom stereocenters. The van der Waals surface area contributed by atoms with Crippen molar-refractivity contribution in [3.8, 4) is 5.75 Å². The van der Waals surface area contributed by atoms with Crippen LogP contribution in [-0.4, -0.2) is 16.0 Å². The van der Waals surface area contributed by atoms with Gasteiger partial charge >= 0.3 is 0 Å². The Balaban J connectivity index is 3.51. The van der Waals surface area contributed by atoms with Gasteiger partial charge in [-0.1, -0.05) is 0 Å². The molecule has 1 heterocycles. The van der Waals surface area contributed by atoms with Gasteiger partial charge in [0.2, 0.25) is 5.43 Å². The van der Waals surface area contributed by atoms with E-state index in [0.29, 0.717) is 0 Å². The zero-order valence-electron chi connectivity index (χ0n) is 6.90. The van der Waals surface area contributed by atoms with Crippen molar-refractivity contribution in [1.82, 2.24) is 0 Å². The van der Waals surface area contributed by atoms with E-state index < -0.39 is 23.6 Å². The van der Waals surface area contributed by atoms with Crippen molar-refractivity contribution < 1.29 is 19.4 Å². The number of ketones is 1. The predicted molar refractivity (Wildman–Crippen MR) is 42.6 cm³/mol. The summed E-state index contributed by atoms with van der Waals surface area (Å²) < 4.78 is 4.66. The van der Waals surface area contributed by atoms with Gasteiger partial charge in [0.15, 0.2) is 11.5 Å². The van der Waals surface area contributed by atoms with Crippen LogP contribution in [0.4, 0.5) is 0 Å². The van der Waals surface area contributed by atoms with Crippen LogP contribution in [0.3, 0.4) is 0 Å². The first kappa shape index (κ1) is 9.47. The zero-order valence-corrected chi connectivity index (χ0v) is 6.90. The molecule has 0 radical (unpaired) electrons. The maximum Gasteiger partial charge on any atom is 0.237 e. The Bertz CT molecular complexity index is 390. The van der Waals surface area contributed by atoms with Crippen molar-refractivity contribution >= 4 is 5.78 Å². The number of rotatable bonds is 2. The molecule has 0 spiro atoms. The molecule has 0 aliphatic rings. The third-order valence-electron chi connectivity index (χ3n) is 1.55. The molecule has 0 aromatic carbocycles. The van der Waals surface area contributed by atoms with Gasteiger partial charge in [0.05, 0.1) is 0 Å². The first-order valence-corrected chi connectivity index (χ1v) is 3.53. The summed E-state index contributed by atoms with van der Waals surface area (Å²) in [7, 11) is 0. The first-order valence-electron chi connectivity index (χ1n) is 3.53. The topological polar surface area (TPSA) is 87.7 Å². The zero-order chi connectivity index (χ0) is 10.0. The Morgan fingerprint density at radius 1 is 1.62 bits per heavy atom. The molecule has 0 fully saturated rings. The van der Waals surface area contributed by atoms with E-state index in [1.165, 1.54) is 0 Å². The number of aliphatic hydroxyl groups excluding tert-OH is 1. The summed E-state index contributed by atoms with van der Waals surface area (Å²) in [6.45, 7) is 0.606. The molecule has 1 aromatic rings.